The van der Waals surface area contributed by atoms with Crippen LogP contribution in [-0.2, 0) is 0 Å². The summed E-state index contributed by atoms with van der Waals surface area (Å²) in [5, 5.41) is 0. The maximum atomic E-state index is 2.51. The largest absolute Gasteiger partial charge is 0.356 e. The van der Waals surface area contributed by atoms with Gasteiger partial charge >= 0.3 is 0 Å². The van der Waals surface area contributed by atoms with Gasteiger partial charge in [0.2, 0.25) is 0 Å². The molecule has 0 aromatic heterocycles. The zero-order valence-corrected chi connectivity index (χ0v) is 16.4. The van der Waals surface area contributed by atoms with E-state index >= 15 is 0 Å². The van der Waals surface area contributed by atoms with Gasteiger partial charge in [-0.15, -0.1) is 0 Å². The first kappa shape index (κ1) is 20.9. The Bertz CT molecular complexity index is 240. The summed E-state index contributed by atoms with van der Waals surface area (Å²) in [6, 6.07) is 0. The van der Waals surface area contributed by atoms with Gasteiger partial charge < -0.3 is 19.6 Å². The Morgan fingerprint density at radius 2 is 0.500 bits per heavy atom. The molecule has 4 nitrogen and oxygen atoms in total. The van der Waals surface area contributed by atoms with Crippen LogP contribution in [0.1, 0.15) is 55.4 Å². The molecule has 0 bridgehead atoms. The first-order valence-corrected chi connectivity index (χ1v) is 9.33. The van der Waals surface area contributed by atoms with Crippen LogP contribution in [0.3, 0.4) is 0 Å². The summed E-state index contributed by atoms with van der Waals surface area (Å²) in [5.74, 6) is 2.81. The van der Waals surface area contributed by atoms with E-state index in [1.54, 1.807) is 0 Å². The summed E-state index contributed by atoms with van der Waals surface area (Å²) in [7, 11) is 0. The van der Waals surface area contributed by atoms with Crippen LogP contribution in [-0.4, -0.2) is 72.0 Å². The Morgan fingerprint density at radius 3 is 0.591 bits per heavy atom. The van der Waals surface area contributed by atoms with Crippen LogP contribution in [0, 0.1) is 0 Å². The van der Waals surface area contributed by atoms with Crippen LogP contribution in [0.15, 0.2) is 11.6 Å². The van der Waals surface area contributed by atoms with Gasteiger partial charge in [-0.05, 0) is 55.4 Å². The first-order valence-electron chi connectivity index (χ1n) is 9.33. The SMILES string of the molecule is CCN(CC)C(=C(N(CC)CC)N(CC)CC)N(CC)CC. The van der Waals surface area contributed by atoms with Crippen LogP contribution in [0.25, 0.3) is 0 Å². The highest BCUT2D eigenvalue weighted by molar-refractivity contribution is 5.12. The van der Waals surface area contributed by atoms with E-state index in [1.807, 2.05) is 0 Å². The minimum atomic E-state index is 1.05. The van der Waals surface area contributed by atoms with Crippen LogP contribution in [0.2, 0.25) is 0 Å². The summed E-state index contributed by atoms with van der Waals surface area (Å²) in [6.45, 7) is 26.5. The molecule has 0 amide bonds. The predicted octanol–water partition coefficient (Wildman–Crippen LogP) is 3.48. The first-order chi connectivity index (χ1) is 10.6. The predicted molar refractivity (Wildman–Crippen MR) is 98.7 cm³/mol. The molecular formula is C18H40N4. The van der Waals surface area contributed by atoms with Gasteiger partial charge in [0.1, 0.15) is 11.6 Å². The Kier molecular flexibility index (Phi) is 10.9. The van der Waals surface area contributed by atoms with Gasteiger partial charge in [-0.2, -0.15) is 0 Å². The van der Waals surface area contributed by atoms with E-state index in [-0.39, 0.29) is 0 Å². The standard InChI is InChI=1S/C18H40N4/c1-9-19(10-2)17(20(11-3)12-4)18(21(13-5)14-6)22(15-7)16-8/h9-16H2,1-8H3. The van der Waals surface area contributed by atoms with Gasteiger partial charge in [-0.25, -0.2) is 0 Å². The molecule has 0 aliphatic carbocycles. The monoisotopic (exact) mass is 312 g/mol. The number of hydrogen-bond donors (Lipinski definition) is 0. The van der Waals surface area contributed by atoms with Crippen LogP contribution in [0.4, 0.5) is 0 Å². The fourth-order valence-corrected chi connectivity index (χ4v) is 3.06. The summed E-state index contributed by atoms with van der Waals surface area (Å²) in [4.78, 5) is 10.1. The lowest BCUT2D eigenvalue weighted by Gasteiger charge is -2.42. The van der Waals surface area contributed by atoms with E-state index in [2.05, 4.69) is 75.0 Å². The fourth-order valence-electron chi connectivity index (χ4n) is 3.06. The second kappa shape index (κ2) is 11.5. The third-order valence-corrected chi connectivity index (χ3v) is 4.45. The molecule has 132 valence electrons. The second-order valence-corrected chi connectivity index (χ2v) is 5.34. The van der Waals surface area contributed by atoms with Crippen LogP contribution >= 0.6 is 0 Å². The molecule has 0 rings (SSSR count). The molecule has 0 atom stereocenters. The van der Waals surface area contributed by atoms with Crippen molar-refractivity contribution in [1.29, 1.82) is 0 Å². The second-order valence-electron chi connectivity index (χ2n) is 5.34. The van der Waals surface area contributed by atoms with Crippen molar-refractivity contribution in [3.05, 3.63) is 11.6 Å². The molecule has 0 saturated heterocycles. The normalized spacial score (nSPS) is 10.4. The molecule has 0 fully saturated rings. The van der Waals surface area contributed by atoms with Crippen molar-refractivity contribution in [2.24, 2.45) is 0 Å². The van der Waals surface area contributed by atoms with Gasteiger partial charge in [0.25, 0.3) is 0 Å². The minimum Gasteiger partial charge on any atom is -0.356 e. The Balaban J connectivity index is 6.24. The Labute approximate surface area is 139 Å². The van der Waals surface area contributed by atoms with Crippen molar-refractivity contribution in [3.8, 4) is 0 Å². The summed E-state index contributed by atoms with van der Waals surface area (Å²) >= 11 is 0. The highest BCUT2D eigenvalue weighted by atomic mass is 15.4. The van der Waals surface area contributed by atoms with Gasteiger partial charge in [-0.3, -0.25) is 0 Å². The number of hydrogen-bond acceptors (Lipinski definition) is 4. The van der Waals surface area contributed by atoms with Crippen molar-refractivity contribution < 1.29 is 0 Å². The average Bonchev–Trinajstić information content (AvgIpc) is 2.56. The van der Waals surface area contributed by atoms with Crippen molar-refractivity contribution in [2.45, 2.75) is 55.4 Å². The molecule has 0 aliphatic rings. The topological polar surface area (TPSA) is 13.0 Å². The van der Waals surface area contributed by atoms with E-state index in [0.717, 1.165) is 52.4 Å². The molecule has 22 heavy (non-hydrogen) atoms. The zero-order chi connectivity index (χ0) is 17.1. The highest BCUT2D eigenvalue weighted by Crippen LogP contribution is 2.22. The molecule has 0 spiro atoms. The molecule has 0 aliphatic heterocycles. The van der Waals surface area contributed by atoms with E-state index in [4.69, 9.17) is 0 Å². The molecular weight excluding hydrogens is 272 g/mol. The lowest BCUT2D eigenvalue weighted by Crippen LogP contribution is -2.45. The van der Waals surface area contributed by atoms with E-state index in [9.17, 15) is 0 Å². The van der Waals surface area contributed by atoms with Gasteiger partial charge in [-0.1, -0.05) is 0 Å². The van der Waals surface area contributed by atoms with Crippen molar-refractivity contribution in [2.75, 3.05) is 52.4 Å². The molecule has 0 unspecified atom stereocenters. The lowest BCUT2D eigenvalue weighted by molar-refractivity contribution is 0.161. The average molecular weight is 313 g/mol. The summed E-state index contributed by atoms with van der Waals surface area (Å²) in [5.41, 5.74) is 0. The third-order valence-electron chi connectivity index (χ3n) is 4.45. The number of nitrogens with zero attached hydrogens (tertiary/aromatic N) is 4. The van der Waals surface area contributed by atoms with Crippen molar-refractivity contribution in [1.82, 2.24) is 19.6 Å². The van der Waals surface area contributed by atoms with Gasteiger partial charge in [0.05, 0.1) is 0 Å². The van der Waals surface area contributed by atoms with E-state index in [0.29, 0.717) is 0 Å². The molecule has 0 saturated carbocycles. The quantitative estimate of drug-likeness (QED) is 0.547. The lowest BCUT2D eigenvalue weighted by atomic mass is 10.3. The fraction of sp³-hybridized carbons (Fsp3) is 0.889. The summed E-state index contributed by atoms with van der Waals surface area (Å²) in [6.07, 6.45) is 0. The van der Waals surface area contributed by atoms with E-state index < -0.39 is 0 Å². The zero-order valence-electron chi connectivity index (χ0n) is 16.4. The molecule has 0 N–H and O–H groups in total. The molecule has 0 radical (unpaired) electrons. The maximum Gasteiger partial charge on any atom is 0.146 e. The van der Waals surface area contributed by atoms with Crippen molar-refractivity contribution in [3.63, 3.8) is 0 Å². The smallest absolute Gasteiger partial charge is 0.146 e. The van der Waals surface area contributed by atoms with Gasteiger partial charge in [0, 0.05) is 52.4 Å². The Hall–Kier alpha value is -1.06. The number of rotatable bonds is 12. The molecule has 0 aromatic carbocycles. The molecule has 0 heterocycles. The van der Waals surface area contributed by atoms with Crippen LogP contribution in [0.5, 0.6) is 0 Å². The van der Waals surface area contributed by atoms with Crippen molar-refractivity contribution >= 4 is 0 Å². The minimum absolute atomic E-state index is 1.05. The van der Waals surface area contributed by atoms with Gasteiger partial charge in [0.15, 0.2) is 0 Å². The Morgan fingerprint density at radius 1 is 0.364 bits per heavy atom. The highest BCUT2D eigenvalue weighted by Gasteiger charge is 2.24. The molecule has 4 heteroatoms. The van der Waals surface area contributed by atoms with E-state index in [1.165, 1.54) is 11.6 Å². The summed E-state index contributed by atoms with van der Waals surface area (Å²) < 4.78 is 0. The molecule has 0 aromatic rings. The van der Waals surface area contributed by atoms with Crippen LogP contribution < -0.4 is 0 Å². The maximum absolute atomic E-state index is 2.51. The third kappa shape index (κ3) is 4.99.